The number of pyridine rings is 1. The van der Waals surface area contributed by atoms with Crippen LogP contribution in [0.5, 0.6) is 11.6 Å². The highest BCUT2D eigenvalue weighted by Gasteiger charge is 2.11. The predicted molar refractivity (Wildman–Crippen MR) is 71.9 cm³/mol. The van der Waals surface area contributed by atoms with Crippen LogP contribution in [0.4, 0.5) is 5.69 Å². The fraction of sp³-hybridized carbons (Fsp3) is 0.0769. The summed E-state index contributed by atoms with van der Waals surface area (Å²) in [6.07, 6.45) is 1.56. The van der Waals surface area contributed by atoms with E-state index in [0.29, 0.717) is 17.1 Å². The smallest absolute Gasteiger partial charge is 0.255 e. The van der Waals surface area contributed by atoms with Gasteiger partial charge in [-0.1, -0.05) is 11.6 Å². The number of hydrogen-bond acceptors (Lipinski definition) is 4. The Kier molecular flexibility index (Phi) is 3.87. The topological polar surface area (TPSA) is 71.5 Å². The average molecular weight is 279 g/mol. The quantitative estimate of drug-likeness (QED) is 0.905. The second-order valence-corrected chi connectivity index (χ2v) is 4.09. The summed E-state index contributed by atoms with van der Waals surface area (Å²) in [6.45, 7) is 0. The number of ether oxygens (including phenoxy) is 1. The summed E-state index contributed by atoms with van der Waals surface area (Å²) < 4.78 is 5.03. The van der Waals surface area contributed by atoms with Crippen molar-refractivity contribution >= 4 is 23.2 Å². The van der Waals surface area contributed by atoms with Gasteiger partial charge in [-0.25, -0.2) is 4.98 Å². The monoisotopic (exact) mass is 278 g/mol. The van der Waals surface area contributed by atoms with Crippen LogP contribution in [0.2, 0.25) is 5.02 Å². The van der Waals surface area contributed by atoms with Gasteiger partial charge >= 0.3 is 0 Å². The van der Waals surface area contributed by atoms with Gasteiger partial charge in [0.15, 0.2) is 0 Å². The number of nitrogens with zero attached hydrogens (tertiary/aromatic N) is 1. The van der Waals surface area contributed by atoms with Gasteiger partial charge in [-0.05, 0) is 30.3 Å². The number of phenols is 1. The van der Waals surface area contributed by atoms with Gasteiger partial charge < -0.3 is 15.2 Å². The number of aromatic hydroxyl groups is 1. The molecule has 0 aliphatic rings. The Bertz CT molecular complexity index is 617. The van der Waals surface area contributed by atoms with Crippen molar-refractivity contribution in [1.82, 2.24) is 4.98 Å². The van der Waals surface area contributed by atoms with E-state index >= 15 is 0 Å². The van der Waals surface area contributed by atoms with Crippen LogP contribution in [-0.4, -0.2) is 23.1 Å². The number of benzene rings is 1. The first-order valence-electron chi connectivity index (χ1n) is 5.40. The van der Waals surface area contributed by atoms with E-state index in [4.69, 9.17) is 16.3 Å². The zero-order chi connectivity index (χ0) is 13.8. The van der Waals surface area contributed by atoms with E-state index in [1.807, 2.05) is 0 Å². The molecule has 98 valence electrons. The van der Waals surface area contributed by atoms with E-state index in [0.717, 1.165) is 0 Å². The number of carbonyl (C=O) groups is 1. The number of carbonyl (C=O) groups excluding carboxylic acids is 1. The molecule has 2 N–H and O–H groups in total. The maximum Gasteiger partial charge on any atom is 0.255 e. The second kappa shape index (κ2) is 5.58. The first-order valence-corrected chi connectivity index (χ1v) is 5.78. The Morgan fingerprint density at radius 2 is 2.21 bits per heavy atom. The SMILES string of the molecule is COc1ncccc1NC(=O)c1ccc(O)c(Cl)c1. The molecule has 2 aromatic rings. The first-order chi connectivity index (χ1) is 9.11. The largest absolute Gasteiger partial charge is 0.506 e. The number of nitrogens with one attached hydrogen (secondary N) is 1. The van der Waals surface area contributed by atoms with Crippen LogP contribution in [0.25, 0.3) is 0 Å². The summed E-state index contributed by atoms with van der Waals surface area (Å²) >= 11 is 5.75. The van der Waals surface area contributed by atoms with Crippen molar-refractivity contribution in [2.75, 3.05) is 12.4 Å². The number of aromatic nitrogens is 1. The molecule has 1 heterocycles. The number of phenolic OH excluding ortho intramolecular Hbond substituents is 1. The summed E-state index contributed by atoms with van der Waals surface area (Å²) in [5, 5.41) is 12.1. The Morgan fingerprint density at radius 3 is 2.89 bits per heavy atom. The van der Waals surface area contributed by atoms with Crippen LogP contribution in [0.1, 0.15) is 10.4 Å². The van der Waals surface area contributed by atoms with Crippen molar-refractivity contribution in [2.24, 2.45) is 0 Å². The van der Waals surface area contributed by atoms with E-state index in [-0.39, 0.29) is 16.7 Å². The van der Waals surface area contributed by atoms with E-state index in [1.54, 1.807) is 18.3 Å². The highest BCUT2D eigenvalue weighted by Crippen LogP contribution is 2.25. The summed E-state index contributed by atoms with van der Waals surface area (Å²) in [5.74, 6) is -0.119. The predicted octanol–water partition coefficient (Wildman–Crippen LogP) is 2.70. The lowest BCUT2D eigenvalue weighted by atomic mass is 10.2. The van der Waals surface area contributed by atoms with Crippen LogP contribution in [0.3, 0.4) is 0 Å². The van der Waals surface area contributed by atoms with Crippen LogP contribution in [0, 0.1) is 0 Å². The lowest BCUT2D eigenvalue weighted by molar-refractivity contribution is 0.102. The number of amides is 1. The van der Waals surface area contributed by atoms with Crippen molar-refractivity contribution in [1.29, 1.82) is 0 Å². The molecule has 0 unspecified atom stereocenters. The maximum absolute atomic E-state index is 12.0. The Hall–Kier alpha value is -2.27. The molecule has 2 rings (SSSR count). The third kappa shape index (κ3) is 2.95. The van der Waals surface area contributed by atoms with Crippen molar-refractivity contribution in [2.45, 2.75) is 0 Å². The summed E-state index contributed by atoms with van der Waals surface area (Å²) in [6, 6.07) is 7.57. The van der Waals surface area contributed by atoms with Gasteiger partial charge in [0.2, 0.25) is 5.88 Å². The van der Waals surface area contributed by atoms with Gasteiger partial charge in [-0.2, -0.15) is 0 Å². The molecule has 0 radical (unpaired) electrons. The summed E-state index contributed by atoms with van der Waals surface area (Å²) in [7, 11) is 1.47. The van der Waals surface area contributed by atoms with Gasteiger partial charge in [-0.15, -0.1) is 0 Å². The van der Waals surface area contributed by atoms with Crippen LogP contribution < -0.4 is 10.1 Å². The number of halogens is 1. The van der Waals surface area contributed by atoms with E-state index in [1.165, 1.54) is 25.3 Å². The fourth-order valence-electron chi connectivity index (χ4n) is 1.49. The highest BCUT2D eigenvalue weighted by molar-refractivity contribution is 6.32. The standard InChI is InChI=1S/C13H11ClN2O3/c1-19-13-10(3-2-6-15-13)16-12(18)8-4-5-11(17)9(14)7-8/h2-7,17H,1H3,(H,16,18). The minimum absolute atomic E-state index is 0.0721. The molecule has 0 aliphatic heterocycles. The number of methoxy groups -OCH3 is 1. The summed E-state index contributed by atoms with van der Waals surface area (Å²) in [4.78, 5) is 16.0. The minimum atomic E-state index is -0.367. The lowest BCUT2D eigenvalue weighted by Gasteiger charge is -2.09. The third-order valence-electron chi connectivity index (χ3n) is 2.42. The third-order valence-corrected chi connectivity index (χ3v) is 2.73. The molecule has 5 nitrogen and oxygen atoms in total. The lowest BCUT2D eigenvalue weighted by Crippen LogP contribution is -2.12. The van der Waals surface area contributed by atoms with Gasteiger partial charge in [-0.3, -0.25) is 4.79 Å². The molecule has 6 heteroatoms. The van der Waals surface area contributed by atoms with Crippen LogP contribution in [0.15, 0.2) is 36.5 Å². The number of hydrogen-bond donors (Lipinski definition) is 2. The molecule has 0 saturated heterocycles. The van der Waals surface area contributed by atoms with Crippen LogP contribution >= 0.6 is 11.6 Å². The zero-order valence-electron chi connectivity index (χ0n) is 10.1. The zero-order valence-corrected chi connectivity index (χ0v) is 10.8. The number of anilines is 1. The highest BCUT2D eigenvalue weighted by atomic mass is 35.5. The van der Waals surface area contributed by atoms with E-state index in [9.17, 15) is 9.90 Å². The van der Waals surface area contributed by atoms with Gasteiger partial charge in [0.25, 0.3) is 5.91 Å². The molecule has 0 spiro atoms. The normalized spacial score (nSPS) is 10.0. The van der Waals surface area contributed by atoms with Crippen molar-refractivity contribution in [3.8, 4) is 11.6 Å². The Balaban J connectivity index is 2.23. The second-order valence-electron chi connectivity index (χ2n) is 3.68. The van der Waals surface area contributed by atoms with Gasteiger partial charge in [0, 0.05) is 11.8 Å². The Morgan fingerprint density at radius 1 is 1.42 bits per heavy atom. The maximum atomic E-state index is 12.0. The van der Waals surface area contributed by atoms with Crippen molar-refractivity contribution < 1.29 is 14.6 Å². The van der Waals surface area contributed by atoms with E-state index in [2.05, 4.69) is 10.3 Å². The van der Waals surface area contributed by atoms with Crippen molar-refractivity contribution in [3.05, 3.63) is 47.1 Å². The van der Waals surface area contributed by atoms with Gasteiger partial charge in [0.05, 0.1) is 12.1 Å². The Labute approximate surface area is 114 Å². The molecule has 19 heavy (non-hydrogen) atoms. The van der Waals surface area contributed by atoms with Gasteiger partial charge in [0.1, 0.15) is 11.4 Å². The molecular formula is C13H11ClN2O3. The molecule has 1 amide bonds. The van der Waals surface area contributed by atoms with Crippen LogP contribution in [-0.2, 0) is 0 Å². The minimum Gasteiger partial charge on any atom is -0.506 e. The van der Waals surface area contributed by atoms with E-state index < -0.39 is 0 Å². The van der Waals surface area contributed by atoms with Crippen molar-refractivity contribution in [3.63, 3.8) is 0 Å². The molecule has 0 aliphatic carbocycles. The number of rotatable bonds is 3. The molecule has 0 saturated carbocycles. The molecule has 0 fully saturated rings. The fourth-order valence-corrected chi connectivity index (χ4v) is 1.67. The molecular weight excluding hydrogens is 268 g/mol. The first kappa shape index (κ1) is 13.2. The molecule has 1 aromatic heterocycles. The molecule has 0 bridgehead atoms. The average Bonchev–Trinajstić information content (AvgIpc) is 2.42. The summed E-state index contributed by atoms with van der Waals surface area (Å²) in [5.41, 5.74) is 0.785. The molecule has 0 atom stereocenters. The molecule has 1 aromatic carbocycles.